The number of hydrogen-bond donors (Lipinski definition) is 1. The van der Waals surface area contributed by atoms with Crippen LogP contribution >= 0.6 is 0 Å². The molecule has 0 unspecified atom stereocenters. The van der Waals surface area contributed by atoms with Gasteiger partial charge in [-0.25, -0.2) is 0 Å². The molecule has 5 nitrogen and oxygen atoms in total. The molecule has 5 heteroatoms. The number of anilines is 2. The standard InChI is InChI=1S/C10H15N3O2/c1-10(2,3)13(9(14)15)8-4-5-12-6-7(8)11/h4-6H,11H2,1-3H3,(H,14,15)/p-1. The molecule has 0 saturated carbocycles. The fourth-order valence-corrected chi connectivity index (χ4v) is 1.34. The van der Waals surface area contributed by atoms with E-state index in [0.29, 0.717) is 11.4 Å². The lowest BCUT2D eigenvalue weighted by Crippen LogP contribution is -2.52. The molecule has 2 N–H and O–H groups in total. The molecule has 0 radical (unpaired) electrons. The molecule has 0 aliphatic carbocycles. The molecule has 0 saturated heterocycles. The molecule has 15 heavy (non-hydrogen) atoms. The van der Waals surface area contributed by atoms with Gasteiger partial charge in [-0.15, -0.1) is 0 Å². The molecular weight excluding hydrogens is 194 g/mol. The number of carbonyl (C=O) groups is 1. The van der Waals surface area contributed by atoms with E-state index in [0.717, 1.165) is 4.90 Å². The van der Waals surface area contributed by atoms with E-state index in [4.69, 9.17) is 5.73 Å². The zero-order chi connectivity index (χ0) is 11.6. The lowest BCUT2D eigenvalue weighted by Gasteiger charge is -2.38. The number of amides is 1. The Labute approximate surface area is 88.5 Å². The van der Waals surface area contributed by atoms with Crippen LogP contribution in [0.2, 0.25) is 0 Å². The summed E-state index contributed by atoms with van der Waals surface area (Å²) >= 11 is 0. The summed E-state index contributed by atoms with van der Waals surface area (Å²) in [4.78, 5) is 16.0. The van der Waals surface area contributed by atoms with Crippen LogP contribution in [-0.4, -0.2) is 16.6 Å². The maximum atomic E-state index is 11.0. The largest absolute Gasteiger partial charge is 0.530 e. The minimum atomic E-state index is -1.28. The number of nitrogens with two attached hydrogens (primary N) is 1. The quantitative estimate of drug-likeness (QED) is 0.733. The minimum Gasteiger partial charge on any atom is -0.530 e. The molecule has 1 aromatic rings. The van der Waals surface area contributed by atoms with E-state index >= 15 is 0 Å². The van der Waals surface area contributed by atoms with Crippen molar-refractivity contribution in [2.75, 3.05) is 10.6 Å². The highest BCUT2D eigenvalue weighted by Gasteiger charge is 2.24. The number of nitrogen functional groups attached to an aromatic ring is 1. The smallest absolute Gasteiger partial charge is 0.142 e. The third kappa shape index (κ3) is 2.37. The first kappa shape index (κ1) is 11.3. The number of carbonyl (C=O) groups excluding carboxylic acids is 1. The maximum absolute atomic E-state index is 11.0. The van der Waals surface area contributed by atoms with E-state index in [-0.39, 0.29) is 0 Å². The van der Waals surface area contributed by atoms with E-state index in [2.05, 4.69) is 4.98 Å². The Balaban J connectivity index is 3.23. The topological polar surface area (TPSA) is 82.3 Å². The van der Waals surface area contributed by atoms with Gasteiger partial charge in [0.15, 0.2) is 0 Å². The average molecular weight is 208 g/mol. The van der Waals surface area contributed by atoms with E-state index < -0.39 is 11.6 Å². The molecule has 1 aromatic heterocycles. The molecular formula is C10H14N3O2-. The third-order valence-electron chi connectivity index (χ3n) is 1.92. The Morgan fingerprint density at radius 2 is 2.13 bits per heavy atom. The van der Waals surface area contributed by atoms with Gasteiger partial charge in [0.2, 0.25) is 0 Å². The lowest BCUT2D eigenvalue weighted by molar-refractivity contribution is -0.247. The van der Waals surface area contributed by atoms with Crippen molar-refractivity contribution < 1.29 is 9.90 Å². The van der Waals surface area contributed by atoms with Crippen LogP contribution < -0.4 is 15.7 Å². The summed E-state index contributed by atoms with van der Waals surface area (Å²) in [5.41, 5.74) is 5.77. The van der Waals surface area contributed by atoms with Crippen LogP contribution in [0.15, 0.2) is 18.5 Å². The number of aromatic nitrogens is 1. The summed E-state index contributed by atoms with van der Waals surface area (Å²) in [7, 11) is 0. The molecule has 1 amide bonds. The highest BCUT2D eigenvalue weighted by atomic mass is 16.4. The Kier molecular flexibility index (Phi) is 2.83. The highest BCUT2D eigenvalue weighted by Crippen LogP contribution is 2.27. The van der Waals surface area contributed by atoms with Crippen LogP contribution in [0, 0.1) is 0 Å². The van der Waals surface area contributed by atoms with E-state index in [1.165, 1.54) is 12.4 Å². The van der Waals surface area contributed by atoms with Gasteiger partial charge in [0.25, 0.3) is 0 Å². The average Bonchev–Trinajstić information content (AvgIpc) is 2.05. The SMILES string of the molecule is CC(C)(C)N(C(=O)[O-])c1ccncc1N. The van der Waals surface area contributed by atoms with Gasteiger partial charge < -0.3 is 20.5 Å². The Bertz CT molecular complexity index is 371. The van der Waals surface area contributed by atoms with Gasteiger partial charge in [0.05, 0.1) is 17.6 Å². The monoisotopic (exact) mass is 208 g/mol. The van der Waals surface area contributed by atoms with Crippen molar-refractivity contribution in [1.29, 1.82) is 0 Å². The maximum Gasteiger partial charge on any atom is 0.142 e. The molecule has 0 spiro atoms. The van der Waals surface area contributed by atoms with Crippen LogP contribution in [0.5, 0.6) is 0 Å². The second kappa shape index (κ2) is 3.76. The van der Waals surface area contributed by atoms with E-state index in [9.17, 15) is 9.90 Å². The van der Waals surface area contributed by atoms with Crippen molar-refractivity contribution in [2.45, 2.75) is 26.3 Å². The molecule has 0 fully saturated rings. The van der Waals surface area contributed by atoms with Gasteiger partial charge in [0, 0.05) is 11.7 Å². The Hall–Kier alpha value is -1.78. The first-order valence-corrected chi connectivity index (χ1v) is 4.54. The lowest BCUT2D eigenvalue weighted by atomic mass is 10.1. The molecule has 0 aliphatic rings. The zero-order valence-corrected chi connectivity index (χ0v) is 9.02. The van der Waals surface area contributed by atoms with Gasteiger partial charge in [-0.05, 0) is 26.8 Å². The van der Waals surface area contributed by atoms with Crippen molar-refractivity contribution in [1.82, 2.24) is 4.98 Å². The van der Waals surface area contributed by atoms with E-state index in [1.54, 1.807) is 26.8 Å². The number of rotatable bonds is 1. The Morgan fingerprint density at radius 3 is 2.53 bits per heavy atom. The summed E-state index contributed by atoms with van der Waals surface area (Å²) < 4.78 is 0. The molecule has 1 rings (SSSR count). The summed E-state index contributed by atoms with van der Waals surface area (Å²) in [6.07, 6.45) is 1.63. The zero-order valence-electron chi connectivity index (χ0n) is 9.02. The third-order valence-corrected chi connectivity index (χ3v) is 1.92. The first-order valence-electron chi connectivity index (χ1n) is 4.54. The summed E-state index contributed by atoms with van der Waals surface area (Å²) in [5, 5.41) is 11.0. The predicted molar refractivity (Wildman–Crippen MR) is 56.3 cm³/mol. The van der Waals surface area contributed by atoms with Gasteiger partial charge in [-0.1, -0.05) is 0 Å². The molecule has 0 aromatic carbocycles. The fraction of sp³-hybridized carbons (Fsp3) is 0.400. The van der Waals surface area contributed by atoms with E-state index in [1.807, 2.05) is 0 Å². The van der Waals surface area contributed by atoms with Crippen LogP contribution in [0.3, 0.4) is 0 Å². The van der Waals surface area contributed by atoms with Gasteiger partial charge in [-0.3, -0.25) is 4.98 Å². The summed E-state index contributed by atoms with van der Waals surface area (Å²) in [5.74, 6) is 0. The molecule has 0 aliphatic heterocycles. The Morgan fingerprint density at radius 1 is 1.53 bits per heavy atom. The highest BCUT2D eigenvalue weighted by molar-refractivity contribution is 5.90. The van der Waals surface area contributed by atoms with Crippen molar-refractivity contribution in [3.63, 3.8) is 0 Å². The summed E-state index contributed by atoms with van der Waals surface area (Å²) in [6.45, 7) is 5.30. The number of nitrogens with zero attached hydrogens (tertiary/aromatic N) is 2. The van der Waals surface area contributed by atoms with Gasteiger partial charge in [0.1, 0.15) is 6.09 Å². The molecule has 82 valence electrons. The van der Waals surface area contributed by atoms with Gasteiger partial charge in [-0.2, -0.15) is 0 Å². The van der Waals surface area contributed by atoms with Crippen molar-refractivity contribution >= 4 is 17.5 Å². The molecule has 0 atom stereocenters. The van der Waals surface area contributed by atoms with Crippen molar-refractivity contribution in [2.24, 2.45) is 0 Å². The van der Waals surface area contributed by atoms with Crippen molar-refractivity contribution in [3.05, 3.63) is 18.5 Å². The van der Waals surface area contributed by atoms with Gasteiger partial charge >= 0.3 is 0 Å². The fourth-order valence-electron chi connectivity index (χ4n) is 1.34. The van der Waals surface area contributed by atoms with Crippen LogP contribution in [0.1, 0.15) is 20.8 Å². The predicted octanol–water partition coefficient (Wildman–Crippen LogP) is 0.612. The number of pyridine rings is 1. The van der Waals surface area contributed by atoms with Crippen LogP contribution in [0.4, 0.5) is 16.2 Å². The molecule has 1 heterocycles. The second-order valence-corrected chi connectivity index (χ2v) is 4.21. The van der Waals surface area contributed by atoms with Crippen LogP contribution in [0.25, 0.3) is 0 Å². The first-order chi connectivity index (χ1) is 6.84. The normalized spacial score (nSPS) is 11.1. The number of carboxylic acid groups (broad SMARTS) is 1. The van der Waals surface area contributed by atoms with Crippen LogP contribution in [-0.2, 0) is 0 Å². The summed E-state index contributed by atoms with van der Waals surface area (Å²) in [6, 6.07) is 1.55. The minimum absolute atomic E-state index is 0.316. The number of hydrogen-bond acceptors (Lipinski definition) is 4. The van der Waals surface area contributed by atoms with Crippen molar-refractivity contribution in [3.8, 4) is 0 Å². The second-order valence-electron chi connectivity index (χ2n) is 4.21. The molecule has 0 bridgehead atoms.